The molecular formula is C25H25ClF2N4O2. The van der Waals surface area contributed by atoms with Gasteiger partial charge in [-0.1, -0.05) is 30.9 Å². The molecule has 1 heterocycles. The second kappa shape index (κ2) is 9.93. The second-order valence-corrected chi connectivity index (χ2v) is 8.92. The van der Waals surface area contributed by atoms with Gasteiger partial charge in [-0.15, -0.1) is 0 Å². The molecule has 0 spiro atoms. The summed E-state index contributed by atoms with van der Waals surface area (Å²) in [5, 5.41) is 10.4. The van der Waals surface area contributed by atoms with Gasteiger partial charge in [0.15, 0.2) is 5.82 Å². The monoisotopic (exact) mass is 486 g/mol. The van der Waals surface area contributed by atoms with Gasteiger partial charge in [0.05, 0.1) is 27.5 Å². The molecule has 2 N–H and O–H groups in total. The molecule has 0 unspecified atom stereocenters. The number of aryl methyl sites for hydroxylation is 1. The van der Waals surface area contributed by atoms with E-state index < -0.39 is 17.5 Å². The smallest absolute Gasteiger partial charge is 0.259 e. The Hall–Kier alpha value is -3.26. The summed E-state index contributed by atoms with van der Waals surface area (Å²) >= 11 is 6.26. The molecule has 1 aromatic heterocycles. The molecular weight excluding hydrogens is 462 g/mol. The maximum absolute atomic E-state index is 14.3. The normalized spacial score (nSPS) is 14.1. The Balaban J connectivity index is 1.55. The molecule has 1 saturated carbocycles. The molecule has 3 aromatic rings. The Morgan fingerprint density at radius 2 is 1.76 bits per heavy atom. The van der Waals surface area contributed by atoms with Gasteiger partial charge in [-0.2, -0.15) is 5.10 Å². The first-order chi connectivity index (χ1) is 16.2. The van der Waals surface area contributed by atoms with Gasteiger partial charge in [0.2, 0.25) is 0 Å². The van der Waals surface area contributed by atoms with Crippen LogP contribution in [0.1, 0.15) is 64.2 Å². The van der Waals surface area contributed by atoms with Crippen molar-refractivity contribution in [2.75, 3.05) is 5.32 Å². The van der Waals surface area contributed by atoms with E-state index in [2.05, 4.69) is 15.7 Å². The molecule has 0 atom stereocenters. The van der Waals surface area contributed by atoms with Gasteiger partial charge in [0.1, 0.15) is 11.5 Å². The van der Waals surface area contributed by atoms with E-state index in [1.165, 1.54) is 23.2 Å². The zero-order valence-electron chi connectivity index (χ0n) is 18.9. The predicted octanol–water partition coefficient (Wildman–Crippen LogP) is 5.74. The van der Waals surface area contributed by atoms with E-state index in [1.807, 2.05) is 0 Å². The Labute approximate surface area is 201 Å². The summed E-state index contributed by atoms with van der Waals surface area (Å²) in [6, 6.07) is 7.98. The van der Waals surface area contributed by atoms with Gasteiger partial charge in [0, 0.05) is 17.8 Å². The predicted molar refractivity (Wildman–Crippen MR) is 127 cm³/mol. The van der Waals surface area contributed by atoms with Crippen molar-refractivity contribution in [2.24, 2.45) is 0 Å². The summed E-state index contributed by atoms with van der Waals surface area (Å²) in [7, 11) is 0. The van der Waals surface area contributed by atoms with Crippen LogP contribution in [0, 0.1) is 25.5 Å². The summed E-state index contributed by atoms with van der Waals surface area (Å²) in [6.45, 7) is 3.26. The van der Waals surface area contributed by atoms with E-state index in [9.17, 15) is 18.4 Å². The topological polar surface area (TPSA) is 76.0 Å². The highest BCUT2D eigenvalue weighted by Gasteiger charge is 2.23. The van der Waals surface area contributed by atoms with Crippen molar-refractivity contribution in [2.45, 2.75) is 52.0 Å². The molecule has 6 nitrogen and oxygen atoms in total. The zero-order chi connectivity index (χ0) is 24.4. The molecule has 1 aliphatic rings. The number of hydrogen-bond acceptors (Lipinski definition) is 3. The molecule has 34 heavy (non-hydrogen) atoms. The summed E-state index contributed by atoms with van der Waals surface area (Å²) in [5.74, 6) is -2.24. The van der Waals surface area contributed by atoms with Crippen LogP contribution in [-0.4, -0.2) is 27.6 Å². The first-order valence-electron chi connectivity index (χ1n) is 11.2. The quantitative estimate of drug-likeness (QED) is 0.483. The number of halogens is 3. The van der Waals surface area contributed by atoms with Crippen molar-refractivity contribution < 1.29 is 18.4 Å². The highest BCUT2D eigenvalue weighted by atomic mass is 35.5. The van der Waals surface area contributed by atoms with Gasteiger partial charge in [-0.05, 0) is 57.0 Å². The SMILES string of the molecule is Cc1nn(-c2ccc(F)cc2F)c(C)c1C(=O)Nc1ccc(Cl)c(C(=O)NC2CCCCC2)c1. The van der Waals surface area contributed by atoms with Crippen molar-refractivity contribution in [1.82, 2.24) is 15.1 Å². The fourth-order valence-corrected chi connectivity index (χ4v) is 4.54. The third-order valence-electron chi connectivity index (χ3n) is 6.07. The van der Waals surface area contributed by atoms with E-state index in [0.717, 1.165) is 37.8 Å². The molecule has 178 valence electrons. The molecule has 0 radical (unpaired) electrons. The van der Waals surface area contributed by atoms with E-state index in [0.29, 0.717) is 22.1 Å². The van der Waals surface area contributed by atoms with Crippen molar-refractivity contribution in [3.05, 3.63) is 75.6 Å². The lowest BCUT2D eigenvalue weighted by Gasteiger charge is -2.23. The first-order valence-corrected chi connectivity index (χ1v) is 11.6. The van der Waals surface area contributed by atoms with E-state index in [1.54, 1.807) is 26.0 Å². The third-order valence-corrected chi connectivity index (χ3v) is 6.40. The van der Waals surface area contributed by atoms with Crippen molar-refractivity contribution in [3.8, 4) is 5.69 Å². The lowest BCUT2D eigenvalue weighted by molar-refractivity contribution is 0.0926. The standard InChI is InChI=1S/C25H25ClF2N4O2/c1-14-23(15(2)32(31-14)22-11-8-16(27)12-21(22)28)25(34)30-18-9-10-20(26)19(13-18)24(33)29-17-6-4-3-5-7-17/h8-13,17H,3-7H2,1-2H3,(H,29,33)(H,30,34). The number of nitrogens with one attached hydrogen (secondary N) is 2. The minimum absolute atomic E-state index is 0.0363. The van der Waals surface area contributed by atoms with Crippen LogP contribution < -0.4 is 10.6 Å². The minimum atomic E-state index is -0.788. The number of carbonyl (C=O) groups is 2. The number of amides is 2. The molecule has 2 aromatic carbocycles. The van der Waals surface area contributed by atoms with Crippen molar-refractivity contribution in [3.63, 3.8) is 0 Å². The van der Waals surface area contributed by atoms with Crippen molar-refractivity contribution in [1.29, 1.82) is 0 Å². The molecule has 1 aliphatic carbocycles. The molecule has 0 saturated heterocycles. The number of aromatic nitrogens is 2. The Bertz CT molecular complexity index is 1250. The molecule has 2 amide bonds. The zero-order valence-corrected chi connectivity index (χ0v) is 19.7. The van der Waals surface area contributed by atoms with Crippen LogP contribution in [0.15, 0.2) is 36.4 Å². The highest BCUT2D eigenvalue weighted by molar-refractivity contribution is 6.34. The van der Waals surface area contributed by atoms with E-state index >= 15 is 0 Å². The lowest BCUT2D eigenvalue weighted by Crippen LogP contribution is -2.36. The van der Waals surface area contributed by atoms with Gasteiger partial charge in [-0.3, -0.25) is 9.59 Å². The van der Waals surface area contributed by atoms with Crippen LogP contribution in [0.4, 0.5) is 14.5 Å². The number of benzene rings is 2. The Morgan fingerprint density at radius 1 is 1.03 bits per heavy atom. The van der Waals surface area contributed by atoms with Crippen LogP contribution in [0.5, 0.6) is 0 Å². The average molecular weight is 487 g/mol. The number of anilines is 1. The van der Waals surface area contributed by atoms with Crippen molar-refractivity contribution >= 4 is 29.1 Å². The van der Waals surface area contributed by atoms with Gasteiger partial charge >= 0.3 is 0 Å². The number of nitrogens with zero attached hydrogens (tertiary/aromatic N) is 2. The van der Waals surface area contributed by atoms with Crippen LogP contribution >= 0.6 is 11.6 Å². The van der Waals surface area contributed by atoms with Gasteiger partial charge in [-0.25, -0.2) is 13.5 Å². The largest absolute Gasteiger partial charge is 0.349 e. The van der Waals surface area contributed by atoms with E-state index in [4.69, 9.17) is 11.6 Å². The average Bonchev–Trinajstić information content (AvgIpc) is 3.09. The third kappa shape index (κ3) is 4.97. The summed E-state index contributed by atoms with van der Waals surface area (Å²) in [4.78, 5) is 25.9. The maximum Gasteiger partial charge on any atom is 0.259 e. The Morgan fingerprint density at radius 3 is 2.47 bits per heavy atom. The maximum atomic E-state index is 14.3. The minimum Gasteiger partial charge on any atom is -0.349 e. The second-order valence-electron chi connectivity index (χ2n) is 8.51. The van der Waals surface area contributed by atoms with Gasteiger partial charge in [0.25, 0.3) is 11.8 Å². The molecule has 0 aliphatic heterocycles. The van der Waals surface area contributed by atoms with Crippen LogP contribution in [0.25, 0.3) is 5.69 Å². The number of rotatable bonds is 5. The first kappa shape index (κ1) is 23.9. The van der Waals surface area contributed by atoms with Crippen LogP contribution in [0.2, 0.25) is 5.02 Å². The fraction of sp³-hybridized carbons (Fsp3) is 0.320. The number of hydrogen-bond donors (Lipinski definition) is 2. The summed E-state index contributed by atoms with van der Waals surface area (Å²) in [6.07, 6.45) is 5.23. The summed E-state index contributed by atoms with van der Waals surface area (Å²) < 4.78 is 28.8. The van der Waals surface area contributed by atoms with Gasteiger partial charge < -0.3 is 10.6 Å². The Kier molecular flexibility index (Phi) is 6.97. The van der Waals surface area contributed by atoms with Crippen LogP contribution in [-0.2, 0) is 0 Å². The lowest BCUT2D eigenvalue weighted by atomic mass is 9.95. The molecule has 0 bridgehead atoms. The van der Waals surface area contributed by atoms with Crippen LogP contribution in [0.3, 0.4) is 0 Å². The fourth-order valence-electron chi connectivity index (χ4n) is 4.34. The number of carbonyl (C=O) groups excluding carboxylic acids is 2. The summed E-state index contributed by atoms with van der Waals surface area (Å²) in [5.41, 5.74) is 1.74. The molecule has 9 heteroatoms. The highest BCUT2D eigenvalue weighted by Crippen LogP contribution is 2.25. The molecule has 1 fully saturated rings. The molecule has 4 rings (SSSR count). The van der Waals surface area contributed by atoms with E-state index in [-0.39, 0.29) is 28.8 Å².